The molecule has 0 spiro atoms. The van der Waals surface area contributed by atoms with Crippen LogP contribution in [0.3, 0.4) is 0 Å². The Labute approximate surface area is 130 Å². The lowest BCUT2D eigenvalue weighted by Gasteiger charge is -2.30. The van der Waals surface area contributed by atoms with Crippen LogP contribution in [0.2, 0.25) is 0 Å². The summed E-state index contributed by atoms with van der Waals surface area (Å²) in [5.41, 5.74) is 5.75. The van der Waals surface area contributed by atoms with Gasteiger partial charge in [-0.15, -0.1) is 12.4 Å². The number of nitrogens with zero attached hydrogens (tertiary/aromatic N) is 1. The van der Waals surface area contributed by atoms with E-state index >= 15 is 0 Å². The number of carbonyl (C=O) groups is 3. The van der Waals surface area contributed by atoms with Crippen LogP contribution in [0.5, 0.6) is 0 Å². The molecular weight excluding hydrogens is 296 g/mol. The summed E-state index contributed by atoms with van der Waals surface area (Å²) in [5.74, 6) is -0.201. The third kappa shape index (κ3) is 4.86. The van der Waals surface area contributed by atoms with Crippen molar-refractivity contribution in [2.24, 2.45) is 11.7 Å². The molecule has 2 aliphatic rings. The number of imide groups is 1. The molecule has 1 saturated carbocycles. The lowest BCUT2D eigenvalue weighted by Crippen LogP contribution is -2.49. The highest BCUT2D eigenvalue weighted by molar-refractivity contribution is 6.03. The SMILES string of the molecule is Cl.NCC(NC(=O)CN1CC(=O)NC1=O)C1CCCCC1. The normalized spacial score (nSPS) is 20.7. The van der Waals surface area contributed by atoms with Gasteiger partial charge < -0.3 is 16.0 Å². The van der Waals surface area contributed by atoms with E-state index in [2.05, 4.69) is 10.6 Å². The Morgan fingerprint density at radius 1 is 1.33 bits per heavy atom. The van der Waals surface area contributed by atoms with Gasteiger partial charge in [-0.3, -0.25) is 14.9 Å². The predicted octanol–water partition coefficient (Wildman–Crippen LogP) is -0.0162. The number of halogens is 1. The van der Waals surface area contributed by atoms with Gasteiger partial charge in [0.25, 0.3) is 0 Å². The van der Waals surface area contributed by atoms with E-state index in [1.165, 1.54) is 24.2 Å². The zero-order valence-electron chi connectivity index (χ0n) is 12.0. The average Bonchev–Trinajstić information content (AvgIpc) is 2.75. The van der Waals surface area contributed by atoms with Gasteiger partial charge in [-0.25, -0.2) is 4.79 Å². The van der Waals surface area contributed by atoms with Crippen molar-refractivity contribution >= 4 is 30.3 Å². The number of amides is 4. The summed E-state index contributed by atoms with van der Waals surface area (Å²) in [6, 6.07) is -0.545. The first-order chi connectivity index (χ1) is 9.60. The van der Waals surface area contributed by atoms with Gasteiger partial charge in [0.2, 0.25) is 11.8 Å². The van der Waals surface area contributed by atoms with Crippen molar-refractivity contribution in [2.75, 3.05) is 19.6 Å². The van der Waals surface area contributed by atoms with Crippen molar-refractivity contribution in [3.05, 3.63) is 0 Å². The van der Waals surface area contributed by atoms with E-state index in [4.69, 9.17) is 5.73 Å². The van der Waals surface area contributed by atoms with Crippen LogP contribution < -0.4 is 16.4 Å². The molecule has 21 heavy (non-hydrogen) atoms. The highest BCUT2D eigenvalue weighted by atomic mass is 35.5. The molecule has 2 rings (SSSR count). The minimum atomic E-state index is -0.507. The first-order valence-corrected chi connectivity index (χ1v) is 7.18. The minimum Gasteiger partial charge on any atom is -0.350 e. The minimum absolute atomic E-state index is 0. The maximum atomic E-state index is 12.0. The van der Waals surface area contributed by atoms with Crippen LogP contribution in [-0.2, 0) is 9.59 Å². The Morgan fingerprint density at radius 2 is 2.00 bits per heavy atom. The molecule has 0 aromatic rings. The Kier molecular flexibility index (Phi) is 6.91. The second kappa shape index (κ2) is 8.19. The molecule has 4 amide bonds. The Hall–Kier alpha value is -1.34. The van der Waals surface area contributed by atoms with Gasteiger partial charge in [0.1, 0.15) is 13.1 Å². The summed E-state index contributed by atoms with van der Waals surface area (Å²) in [4.78, 5) is 35.6. The van der Waals surface area contributed by atoms with Gasteiger partial charge in [-0.05, 0) is 18.8 Å². The maximum absolute atomic E-state index is 12.0. The molecule has 4 N–H and O–H groups in total. The number of hydrogen-bond donors (Lipinski definition) is 3. The lowest BCUT2D eigenvalue weighted by atomic mass is 9.84. The largest absolute Gasteiger partial charge is 0.350 e. The second-order valence-electron chi connectivity index (χ2n) is 5.52. The van der Waals surface area contributed by atoms with Crippen LogP contribution in [0.15, 0.2) is 0 Å². The fourth-order valence-corrected chi connectivity index (χ4v) is 2.94. The van der Waals surface area contributed by atoms with Crippen LogP contribution in [0.25, 0.3) is 0 Å². The van der Waals surface area contributed by atoms with Crippen molar-refractivity contribution in [1.29, 1.82) is 0 Å². The van der Waals surface area contributed by atoms with E-state index < -0.39 is 6.03 Å². The molecule has 1 aliphatic carbocycles. The van der Waals surface area contributed by atoms with Crippen LogP contribution >= 0.6 is 12.4 Å². The fourth-order valence-electron chi connectivity index (χ4n) is 2.94. The molecule has 0 radical (unpaired) electrons. The molecule has 120 valence electrons. The molecule has 2 fully saturated rings. The molecule has 7 nitrogen and oxygen atoms in total. The summed E-state index contributed by atoms with van der Waals surface area (Å²) < 4.78 is 0. The number of nitrogens with one attached hydrogen (secondary N) is 2. The molecule has 1 saturated heterocycles. The van der Waals surface area contributed by atoms with E-state index in [0.29, 0.717) is 12.5 Å². The third-order valence-electron chi connectivity index (χ3n) is 4.02. The van der Waals surface area contributed by atoms with E-state index in [-0.39, 0.29) is 43.4 Å². The van der Waals surface area contributed by atoms with E-state index in [9.17, 15) is 14.4 Å². The van der Waals surface area contributed by atoms with E-state index in [1.54, 1.807) is 0 Å². The van der Waals surface area contributed by atoms with E-state index in [0.717, 1.165) is 12.8 Å². The molecule has 1 aliphatic heterocycles. The topological polar surface area (TPSA) is 105 Å². The average molecular weight is 319 g/mol. The quantitative estimate of drug-likeness (QED) is 0.620. The molecule has 0 aromatic carbocycles. The predicted molar refractivity (Wildman–Crippen MR) is 79.9 cm³/mol. The summed E-state index contributed by atoms with van der Waals surface area (Å²) in [5, 5.41) is 5.05. The van der Waals surface area contributed by atoms with Crippen LogP contribution in [0, 0.1) is 5.92 Å². The van der Waals surface area contributed by atoms with Crippen molar-refractivity contribution in [3.8, 4) is 0 Å². The number of nitrogens with two attached hydrogens (primary N) is 1. The number of urea groups is 1. The van der Waals surface area contributed by atoms with Gasteiger partial charge >= 0.3 is 6.03 Å². The smallest absolute Gasteiger partial charge is 0.325 e. The molecule has 8 heteroatoms. The first-order valence-electron chi connectivity index (χ1n) is 7.18. The van der Waals surface area contributed by atoms with Crippen molar-refractivity contribution in [2.45, 2.75) is 38.1 Å². The Bertz CT molecular complexity index is 399. The van der Waals surface area contributed by atoms with Crippen LogP contribution in [0.1, 0.15) is 32.1 Å². The maximum Gasteiger partial charge on any atom is 0.325 e. The van der Waals surface area contributed by atoms with Crippen molar-refractivity contribution in [3.63, 3.8) is 0 Å². The van der Waals surface area contributed by atoms with Gasteiger partial charge in [0, 0.05) is 12.6 Å². The second-order valence-corrected chi connectivity index (χ2v) is 5.52. The van der Waals surface area contributed by atoms with Crippen LogP contribution in [-0.4, -0.2) is 48.4 Å². The summed E-state index contributed by atoms with van der Waals surface area (Å²) >= 11 is 0. The highest BCUT2D eigenvalue weighted by Gasteiger charge is 2.30. The highest BCUT2D eigenvalue weighted by Crippen LogP contribution is 2.26. The molecular formula is C13H23ClN4O3. The Morgan fingerprint density at radius 3 is 2.52 bits per heavy atom. The number of rotatable bonds is 5. The van der Waals surface area contributed by atoms with Crippen molar-refractivity contribution in [1.82, 2.24) is 15.5 Å². The Balaban J connectivity index is 0.00000220. The van der Waals surface area contributed by atoms with E-state index in [1.807, 2.05) is 0 Å². The zero-order valence-corrected chi connectivity index (χ0v) is 12.8. The number of carbonyl (C=O) groups excluding carboxylic acids is 3. The van der Waals surface area contributed by atoms with Gasteiger partial charge in [0.15, 0.2) is 0 Å². The fraction of sp³-hybridized carbons (Fsp3) is 0.769. The van der Waals surface area contributed by atoms with Crippen molar-refractivity contribution < 1.29 is 14.4 Å². The van der Waals surface area contributed by atoms with Gasteiger partial charge in [0.05, 0.1) is 0 Å². The third-order valence-corrected chi connectivity index (χ3v) is 4.02. The zero-order chi connectivity index (χ0) is 14.5. The van der Waals surface area contributed by atoms with Crippen LogP contribution in [0.4, 0.5) is 4.79 Å². The standard InChI is InChI=1S/C13H22N4O3.ClH/c14-6-10(9-4-2-1-3-5-9)15-11(18)7-17-8-12(19)16-13(17)20;/h9-10H,1-8,14H2,(H,15,18)(H,16,19,20);1H. The molecule has 0 bridgehead atoms. The summed E-state index contributed by atoms with van der Waals surface area (Å²) in [6.45, 7) is 0.255. The molecule has 0 aromatic heterocycles. The van der Waals surface area contributed by atoms with Gasteiger partial charge in [-0.1, -0.05) is 19.3 Å². The monoisotopic (exact) mass is 318 g/mol. The summed E-state index contributed by atoms with van der Waals surface area (Å²) in [6.07, 6.45) is 5.79. The molecule has 1 atom stereocenters. The molecule has 1 unspecified atom stereocenters. The number of hydrogen-bond acceptors (Lipinski definition) is 4. The first kappa shape index (κ1) is 17.7. The lowest BCUT2D eigenvalue weighted by molar-refractivity contribution is -0.123. The summed E-state index contributed by atoms with van der Waals surface area (Å²) in [7, 11) is 0. The molecule has 1 heterocycles. The van der Waals surface area contributed by atoms with Gasteiger partial charge in [-0.2, -0.15) is 0 Å².